The molecule has 0 aromatic heterocycles. The zero-order chi connectivity index (χ0) is 15.1. The average Bonchev–Trinajstić information content (AvgIpc) is 2.50. The first-order chi connectivity index (χ1) is 10.2. The van der Waals surface area contributed by atoms with Gasteiger partial charge < -0.3 is 5.11 Å². The molecule has 0 fully saturated rings. The Bertz CT molecular complexity index is 617. The Kier molecular flexibility index (Phi) is 5.26. The lowest BCUT2D eigenvalue weighted by atomic mass is 10.1. The molecule has 0 amide bonds. The Morgan fingerprint density at radius 3 is 2.38 bits per heavy atom. The lowest BCUT2D eigenvalue weighted by Crippen LogP contribution is -1.96. The Balaban J connectivity index is 1.86. The summed E-state index contributed by atoms with van der Waals surface area (Å²) in [6.07, 6.45) is 0.864. The predicted molar refractivity (Wildman–Crippen MR) is 83.1 cm³/mol. The lowest BCUT2D eigenvalue weighted by molar-refractivity contribution is 0.0697. The number of nitrogens with zero attached hydrogens (tertiary/aromatic N) is 3. The van der Waals surface area contributed by atoms with Crippen molar-refractivity contribution in [3.05, 3.63) is 70.1 Å². The van der Waals surface area contributed by atoms with E-state index < -0.39 is 5.97 Å². The van der Waals surface area contributed by atoms with Gasteiger partial charge in [0.1, 0.15) is 0 Å². The predicted octanol–water partition coefficient (Wildman–Crippen LogP) is 4.66. The Morgan fingerprint density at radius 2 is 1.81 bits per heavy atom. The molecule has 2 aromatic rings. The second-order valence-corrected chi connectivity index (χ2v) is 5.45. The van der Waals surface area contributed by atoms with Gasteiger partial charge in [-0.3, -0.25) is 0 Å². The summed E-state index contributed by atoms with van der Waals surface area (Å²) >= 11 is 1.70. The van der Waals surface area contributed by atoms with Crippen molar-refractivity contribution in [3.8, 4) is 0 Å². The molecule has 0 aliphatic heterocycles. The van der Waals surface area contributed by atoms with Crippen LogP contribution in [0.3, 0.4) is 0 Å². The molecular weight excluding hydrogens is 286 g/mol. The number of carboxylic acid groups (broad SMARTS) is 1. The monoisotopic (exact) mass is 299 g/mol. The van der Waals surface area contributed by atoms with Crippen LogP contribution >= 0.6 is 11.8 Å². The molecule has 0 saturated carbocycles. The fourth-order valence-electron chi connectivity index (χ4n) is 1.76. The van der Waals surface area contributed by atoms with E-state index in [1.807, 2.05) is 24.3 Å². The summed E-state index contributed by atoms with van der Waals surface area (Å²) in [4.78, 5) is 14.6. The summed E-state index contributed by atoms with van der Waals surface area (Å²) in [6, 6.07) is 14.3. The molecule has 0 spiro atoms. The van der Waals surface area contributed by atoms with Gasteiger partial charge in [0.05, 0.1) is 5.56 Å². The highest BCUT2D eigenvalue weighted by molar-refractivity contribution is 7.99. The molecule has 0 aliphatic carbocycles. The van der Waals surface area contributed by atoms with Gasteiger partial charge >= 0.3 is 5.97 Å². The quantitative estimate of drug-likeness (QED) is 0.364. The van der Waals surface area contributed by atoms with Gasteiger partial charge in [-0.05, 0) is 41.8 Å². The highest BCUT2D eigenvalue weighted by Crippen LogP contribution is 2.22. The molecule has 1 N–H and O–H groups in total. The minimum Gasteiger partial charge on any atom is -0.478 e. The van der Waals surface area contributed by atoms with Gasteiger partial charge in [-0.15, -0.1) is 11.8 Å². The van der Waals surface area contributed by atoms with Gasteiger partial charge in [0.15, 0.2) is 0 Å². The van der Waals surface area contributed by atoms with E-state index in [0.29, 0.717) is 11.3 Å². The molecule has 0 atom stereocenters. The Hall–Kier alpha value is -2.43. The average molecular weight is 299 g/mol. The summed E-state index contributed by atoms with van der Waals surface area (Å²) in [5, 5.41) is 12.3. The fraction of sp³-hybridized carbons (Fsp3) is 0.133. The minimum absolute atomic E-state index is 0.306. The topological polar surface area (TPSA) is 86.1 Å². The molecule has 0 saturated heterocycles. The molecular formula is C15H13N3O2S. The molecule has 0 aliphatic rings. The van der Waals surface area contributed by atoms with E-state index in [2.05, 4.69) is 10.0 Å². The van der Waals surface area contributed by atoms with E-state index in [0.717, 1.165) is 22.6 Å². The van der Waals surface area contributed by atoms with E-state index in [4.69, 9.17) is 10.6 Å². The third-order valence-corrected chi connectivity index (χ3v) is 3.87. The van der Waals surface area contributed by atoms with Crippen LogP contribution in [0.25, 0.3) is 10.4 Å². The van der Waals surface area contributed by atoms with Crippen molar-refractivity contribution < 1.29 is 9.90 Å². The van der Waals surface area contributed by atoms with Crippen LogP contribution in [0.5, 0.6) is 0 Å². The molecule has 106 valence electrons. The van der Waals surface area contributed by atoms with Crippen LogP contribution in [0, 0.1) is 0 Å². The summed E-state index contributed by atoms with van der Waals surface area (Å²) in [6.45, 7) is 0. The van der Waals surface area contributed by atoms with Crippen molar-refractivity contribution in [3.63, 3.8) is 0 Å². The maximum Gasteiger partial charge on any atom is 0.335 e. The zero-order valence-corrected chi connectivity index (χ0v) is 12.0. The van der Waals surface area contributed by atoms with E-state index in [9.17, 15) is 4.79 Å². The van der Waals surface area contributed by atoms with Crippen LogP contribution in [0.2, 0.25) is 0 Å². The standard InChI is InChI=1S/C15H13N3O2S/c16-18-17-13-5-7-14(8-6-13)21-10-9-11-1-3-12(4-2-11)15(19)20/h1-8H,9-10H2,(H,19,20). The number of carbonyl (C=O) groups is 1. The second-order valence-electron chi connectivity index (χ2n) is 4.28. The van der Waals surface area contributed by atoms with E-state index in [1.54, 1.807) is 36.0 Å². The Morgan fingerprint density at radius 1 is 1.14 bits per heavy atom. The van der Waals surface area contributed by atoms with Crippen LogP contribution in [0.4, 0.5) is 5.69 Å². The molecule has 0 radical (unpaired) electrons. The van der Waals surface area contributed by atoms with Crippen molar-refractivity contribution in [2.24, 2.45) is 5.11 Å². The van der Waals surface area contributed by atoms with Crippen LogP contribution in [-0.2, 0) is 6.42 Å². The van der Waals surface area contributed by atoms with Gasteiger partial charge in [0.2, 0.25) is 0 Å². The largest absolute Gasteiger partial charge is 0.478 e. The van der Waals surface area contributed by atoms with Gasteiger partial charge in [0, 0.05) is 21.2 Å². The third kappa shape index (κ3) is 4.56. The highest BCUT2D eigenvalue weighted by atomic mass is 32.2. The first-order valence-corrected chi connectivity index (χ1v) is 7.28. The molecule has 6 heteroatoms. The van der Waals surface area contributed by atoms with Crippen molar-refractivity contribution in [2.45, 2.75) is 11.3 Å². The molecule has 5 nitrogen and oxygen atoms in total. The van der Waals surface area contributed by atoms with Crippen LogP contribution in [0.15, 0.2) is 58.5 Å². The molecule has 0 unspecified atom stereocenters. The number of thioether (sulfide) groups is 1. The number of azide groups is 1. The normalized spacial score (nSPS) is 9.90. The maximum atomic E-state index is 10.8. The summed E-state index contributed by atoms with van der Waals surface area (Å²) in [5.74, 6) is -0.0103. The fourth-order valence-corrected chi connectivity index (χ4v) is 2.66. The maximum absolute atomic E-state index is 10.8. The Labute approximate surface area is 126 Å². The van der Waals surface area contributed by atoms with Crippen LogP contribution < -0.4 is 0 Å². The van der Waals surface area contributed by atoms with Crippen LogP contribution in [0.1, 0.15) is 15.9 Å². The van der Waals surface area contributed by atoms with Gasteiger partial charge in [0.25, 0.3) is 0 Å². The molecule has 2 rings (SSSR count). The second kappa shape index (κ2) is 7.38. The molecule has 2 aromatic carbocycles. The van der Waals surface area contributed by atoms with Crippen molar-refractivity contribution in [1.29, 1.82) is 0 Å². The smallest absolute Gasteiger partial charge is 0.335 e. The van der Waals surface area contributed by atoms with Gasteiger partial charge in [-0.1, -0.05) is 29.4 Å². The summed E-state index contributed by atoms with van der Waals surface area (Å²) < 4.78 is 0. The number of rotatable bonds is 6. The SMILES string of the molecule is [N-]=[N+]=Nc1ccc(SCCc2ccc(C(=O)O)cc2)cc1. The van der Waals surface area contributed by atoms with E-state index in [-0.39, 0.29) is 0 Å². The number of hydrogen-bond acceptors (Lipinski definition) is 3. The van der Waals surface area contributed by atoms with Crippen molar-refractivity contribution in [2.75, 3.05) is 5.75 Å². The molecule has 0 heterocycles. The van der Waals surface area contributed by atoms with Crippen LogP contribution in [-0.4, -0.2) is 16.8 Å². The van der Waals surface area contributed by atoms with Gasteiger partial charge in [-0.2, -0.15) is 0 Å². The minimum atomic E-state index is -0.906. The molecule has 0 bridgehead atoms. The van der Waals surface area contributed by atoms with Crippen molar-refractivity contribution in [1.82, 2.24) is 0 Å². The molecule has 21 heavy (non-hydrogen) atoms. The number of benzene rings is 2. The zero-order valence-electron chi connectivity index (χ0n) is 11.1. The number of aryl methyl sites for hydroxylation is 1. The van der Waals surface area contributed by atoms with E-state index in [1.165, 1.54) is 0 Å². The van der Waals surface area contributed by atoms with E-state index >= 15 is 0 Å². The first-order valence-electron chi connectivity index (χ1n) is 6.29. The van der Waals surface area contributed by atoms with Crippen molar-refractivity contribution >= 4 is 23.4 Å². The summed E-state index contributed by atoms with van der Waals surface area (Å²) in [5.41, 5.74) is 10.3. The first kappa shape index (κ1) is 15.0. The number of hydrogen-bond donors (Lipinski definition) is 1. The van der Waals surface area contributed by atoms with Gasteiger partial charge in [-0.25, -0.2) is 4.79 Å². The summed E-state index contributed by atoms with van der Waals surface area (Å²) in [7, 11) is 0. The number of carboxylic acids is 1. The lowest BCUT2D eigenvalue weighted by Gasteiger charge is -2.03. The highest BCUT2D eigenvalue weighted by Gasteiger charge is 2.02. The third-order valence-electron chi connectivity index (χ3n) is 2.86. The number of aromatic carboxylic acids is 1.